The molecule has 7 heteroatoms. The minimum atomic E-state index is -0.483. The van der Waals surface area contributed by atoms with Crippen LogP contribution in [0.25, 0.3) is 11.1 Å². The predicted molar refractivity (Wildman–Crippen MR) is 126 cm³/mol. The van der Waals surface area contributed by atoms with E-state index < -0.39 is 11.7 Å². The molecule has 3 N–H and O–H groups in total. The summed E-state index contributed by atoms with van der Waals surface area (Å²) in [6.07, 6.45) is 0. The number of fused-ring (bicyclic) bond motifs is 2. The molecule has 1 aliphatic heterocycles. The molecule has 0 radical (unpaired) electrons. The highest BCUT2D eigenvalue weighted by molar-refractivity contribution is 7.99. The minimum Gasteiger partial charge on any atom is -0.508 e. The molecule has 33 heavy (non-hydrogen) atoms. The molecule has 5 nitrogen and oxygen atoms in total. The van der Waals surface area contributed by atoms with Crippen molar-refractivity contribution in [1.29, 1.82) is 0 Å². The maximum Gasteiger partial charge on any atom is 0.256 e. The highest BCUT2D eigenvalue weighted by atomic mass is 32.2. The van der Waals surface area contributed by atoms with E-state index in [2.05, 4.69) is 10.6 Å². The summed E-state index contributed by atoms with van der Waals surface area (Å²) >= 11 is 1.34. The number of rotatable bonds is 3. The van der Waals surface area contributed by atoms with Gasteiger partial charge in [-0.25, -0.2) is 4.39 Å². The molecule has 162 valence electrons. The molecule has 0 saturated carbocycles. The van der Waals surface area contributed by atoms with Gasteiger partial charge < -0.3 is 15.7 Å². The van der Waals surface area contributed by atoms with Crippen LogP contribution in [-0.4, -0.2) is 16.9 Å². The van der Waals surface area contributed by atoms with E-state index >= 15 is 0 Å². The lowest BCUT2D eigenvalue weighted by molar-refractivity contribution is 0.101. The van der Waals surface area contributed by atoms with Crippen molar-refractivity contribution in [1.82, 2.24) is 0 Å². The SMILES string of the molecule is O=C(Nc1cccc(-c2cccc(O)c2)c1)c1ccc2c(c1)NC(=O)c1cc(F)ccc1S2. The van der Waals surface area contributed by atoms with E-state index in [0.717, 1.165) is 16.0 Å². The molecule has 0 aliphatic carbocycles. The van der Waals surface area contributed by atoms with Gasteiger partial charge in [0.2, 0.25) is 0 Å². The van der Waals surface area contributed by atoms with Crippen molar-refractivity contribution in [2.45, 2.75) is 9.79 Å². The highest BCUT2D eigenvalue weighted by Gasteiger charge is 2.21. The number of anilines is 2. The molecule has 0 spiro atoms. The van der Waals surface area contributed by atoms with E-state index in [1.165, 1.54) is 23.9 Å². The van der Waals surface area contributed by atoms with Gasteiger partial charge in [0.25, 0.3) is 11.8 Å². The van der Waals surface area contributed by atoms with Crippen molar-refractivity contribution in [3.8, 4) is 16.9 Å². The van der Waals surface area contributed by atoms with Crippen LogP contribution in [0.5, 0.6) is 5.75 Å². The van der Waals surface area contributed by atoms with Gasteiger partial charge in [0.1, 0.15) is 11.6 Å². The van der Waals surface area contributed by atoms with Crippen LogP contribution in [0.2, 0.25) is 0 Å². The monoisotopic (exact) mass is 456 g/mol. The lowest BCUT2D eigenvalue weighted by atomic mass is 10.0. The topological polar surface area (TPSA) is 78.4 Å². The van der Waals surface area contributed by atoms with Gasteiger partial charge in [-0.1, -0.05) is 36.0 Å². The molecule has 0 unspecified atom stereocenters. The Morgan fingerprint density at radius 2 is 1.64 bits per heavy atom. The summed E-state index contributed by atoms with van der Waals surface area (Å²) in [5, 5.41) is 15.4. The van der Waals surface area contributed by atoms with Crippen LogP contribution in [0.3, 0.4) is 0 Å². The largest absolute Gasteiger partial charge is 0.508 e. The molecule has 0 fully saturated rings. The van der Waals surface area contributed by atoms with Gasteiger partial charge in [0.05, 0.1) is 11.3 Å². The van der Waals surface area contributed by atoms with Crippen LogP contribution in [-0.2, 0) is 0 Å². The summed E-state index contributed by atoms with van der Waals surface area (Å²) < 4.78 is 13.6. The van der Waals surface area contributed by atoms with Gasteiger partial charge in [-0.2, -0.15) is 0 Å². The molecule has 1 aliphatic rings. The average molecular weight is 456 g/mol. The number of amides is 2. The summed E-state index contributed by atoms with van der Waals surface area (Å²) in [6.45, 7) is 0. The van der Waals surface area contributed by atoms with Gasteiger partial charge in [-0.3, -0.25) is 9.59 Å². The Balaban J connectivity index is 1.39. The zero-order chi connectivity index (χ0) is 22.9. The van der Waals surface area contributed by atoms with Crippen molar-refractivity contribution in [3.63, 3.8) is 0 Å². The number of benzene rings is 4. The first-order valence-electron chi connectivity index (χ1n) is 10.1. The zero-order valence-corrected chi connectivity index (χ0v) is 17.9. The quantitative estimate of drug-likeness (QED) is 0.345. The first-order chi connectivity index (χ1) is 16.0. The number of hydrogen-bond donors (Lipinski definition) is 3. The molecule has 2 amide bonds. The van der Waals surface area contributed by atoms with E-state index in [0.29, 0.717) is 21.8 Å². The minimum absolute atomic E-state index is 0.164. The van der Waals surface area contributed by atoms with Crippen LogP contribution >= 0.6 is 11.8 Å². The maximum absolute atomic E-state index is 13.6. The number of hydrogen-bond acceptors (Lipinski definition) is 4. The van der Waals surface area contributed by atoms with Gasteiger partial charge in [-0.15, -0.1) is 0 Å². The second kappa shape index (κ2) is 8.44. The average Bonchev–Trinajstić information content (AvgIpc) is 2.94. The fourth-order valence-electron chi connectivity index (χ4n) is 3.60. The highest BCUT2D eigenvalue weighted by Crippen LogP contribution is 2.39. The van der Waals surface area contributed by atoms with Crippen LogP contribution in [0.15, 0.2) is 94.7 Å². The zero-order valence-electron chi connectivity index (χ0n) is 17.1. The van der Waals surface area contributed by atoms with E-state index in [-0.39, 0.29) is 17.2 Å². The number of nitrogens with one attached hydrogen (secondary N) is 2. The number of aromatic hydroxyl groups is 1. The van der Waals surface area contributed by atoms with Crippen molar-refractivity contribution >= 4 is 35.0 Å². The Bertz CT molecular complexity index is 1420. The van der Waals surface area contributed by atoms with Crippen molar-refractivity contribution in [3.05, 3.63) is 102 Å². The van der Waals surface area contributed by atoms with Crippen LogP contribution in [0, 0.1) is 5.82 Å². The van der Waals surface area contributed by atoms with Gasteiger partial charge in [0, 0.05) is 21.0 Å². The standard InChI is InChI=1S/C26H17FN2O3S/c27-18-8-10-23-21(14-18)26(32)29-22-13-17(7-9-24(22)33-23)25(31)28-19-5-1-3-15(11-19)16-4-2-6-20(30)12-16/h1-14,30H,(H,28,31)(H,29,32). The fourth-order valence-corrected chi connectivity index (χ4v) is 4.59. The second-order valence-corrected chi connectivity index (χ2v) is 8.58. The number of carbonyl (C=O) groups is 2. The number of phenolic OH excluding ortho intramolecular Hbond substituents is 1. The molecule has 0 aromatic heterocycles. The Morgan fingerprint density at radius 1 is 0.879 bits per heavy atom. The maximum atomic E-state index is 13.6. The molecule has 1 heterocycles. The fraction of sp³-hybridized carbons (Fsp3) is 0. The van der Waals surface area contributed by atoms with Crippen LogP contribution in [0.4, 0.5) is 15.8 Å². The molecular formula is C26H17FN2O3S. The van der Waals surface area contributed by atoms with E-state index in [9.17, 15) is 19.1 Å². The second-order valence-electron chi connectivity index (χ2n) is 7.49. The van der Waals surface area contributed by atoms with Crippen LogP contribution < -0.4 is 10.6 Å². The first-order valence-corrected chi connectivity index (χ1v) is 10.9. The molecule has 0 atom stereocenters. The molecular weight excluding hydrogens is 439 g/mol. The van der Waals surface area contributed by atoms with Crippen LogP contribution in [0.1, 0.15) is 20.7 Å². The van der Waals surface area contributed by atoms with E-state index in [4.69, 9.17) is 0 Å². The Hall–Kier alpha value is -4.10. The molecule has 4 aromatic carbocycles. The predicted octanol–water partition coefficient (Wildman–Crippen LogP) is 6.17. The summed E-state index contributed by atoms with van der Waals surface area (Å²) in [5.41, 5.74) is 3.38. The number of carbonyl (C=O) groups excluding carboxylic acids is 2. The lowest BCUT2D eigenvalue weighted by Crippen LogP contribution is -2.14. The van der Waals surface area contributed by atoms with E-state index in [1.54, 1.807) is 48.5 Å². The smallest absolute Gasteiger partial charge is 0.256 e. The third-order valence-electron chi connectivity index (χ3n) is 5.20. The summed E-state index contributed by atoms with van der Waals surface area (Å²) in [6, 6.07) is 23.3. The third kappa shape index (κ3) is 4.31. The summed E-state index contributed by atoms with van der Waals surface area (Å²) in [7, 11) is 0. The normalized spacial score (nSPS) is 12.2. The van der Waals surface area contributed by atoms with Gasteiger partial charge in [-0.05, 0) is 71.8 Å². The van der Waals surface area contributed by atoms with Crippen molar-refractivity contribution in [2.75, 3.05) is 10.6 Å². The number of phenols is 1. The van der Waals surface area contributed by atoms with Crippen molar-refractivity contribution in [2.24, 2.45) is 0 Å². The summed E-state index contributed by atoms with van der Waals surface area (Å²) in [4.78, 5) is 26.9. The number of halogens is 1. The molecule has 0 bridgehead atoms. The Labute approximate surface area is 193 Å². The van der Waals surface area contributed by atoms with Crippen molar-refractivity contribution < 1.29 is 19.1 Å². The Morgan fingerprint density at radius 3 is 2.45 bits per heavy atom. The van der Waals surface area contributed by atoms with Gasteiger partial charge >= 0.3 is 0 Å². The van der Waals surface area contributed by atoms with E-state index in [1.807, 2.05) is 24.3 Å². The molecule has 5 rings (SSSR count). The van der Waals surface area contributed by atoms with Gasteiger partial charge in [0.15, 0.2) is 0 Å². The molecule has 0 saturated heterocycles. The lowest BCUT2D eigenvalue weighted by Gasteiger charge is -2.11. The first kappa shape index (κ1) is 20.8. The third-order valence-corrected chi connectivity index (χ3v) is 6.35. The summed E-state index contributed by atoms with van der Waals surface area (Å²) in [5.74, 6) is -1.08. The molecule has 4 aromatic rings. The Kier molecular flexibility index (Phi) is 5.32.